The number of hydrogen-bond acceptors (Lipinski definition) is 3. The number of carbonyl (C=O) groups excluding carboxylic acids is 1. The zero-order valence-electron chi connectivity index (χ0n) is 12.9. The number of anilines is 3. The van der Waals surface area contributed by atoms with Gasteiger partial charge in [0, 0.05) is 15.5 Å². The highest BCUT2D eigenvalue weighted by Gasteiger charge is 2.07. The van der Waals surface area contributed by atoms with E-state index in [1.807, 2.05) is 78.9 Å². The summed E-state index contributed by atoms with van der Waals surface area (Å²) < 4.78 is 0. The quantitative estimate of drug-likeness (QED) is 0.584. The van der Waals surface area contributed by atoms with Crippen molar-refractivity contribution in [3.05, 3.63) is 78.9 Å². The Labute approximate surface area is 145 Å². The number of rotatable bonds is 4. The molecule has 0 aliphatic rings. The van der Waals surface area contributed by atoms with E-state index in [9.17, 15) is 4.79 Å². The summed E-state index contributed by atoms with van der Waals surface area (Å²) in [5.74, 6) is 0. The molecule has 3 rings (SSSR count). The van der Waals surface area contributed by atoms with Crippen molar-refractivity contribution in [1.82, 2.24) is 0 Å². The van der Waals surface area contributed by atoms with Gasteiger partial charge in [-0.3, -0.25) is 0 Å². The zero-order valence-corrected chi connectivity index (χ0v) is 13.7. The third-order valence-corrected chi connectivity index (χ3v) is 4.28. The van der Waals surface area contributed by atoms with Gasteiger partial charge in [0.2, 0.25) is 0 Å². The summed E-state index contributed by atoms with van der Waals surface area (Å²) in [7, 11) is 0. The van der Waals surface area contributed by atoms with Gasteiger partial charge in [-0.25, -0.2) is 4.79 Å². The van der Waals surface area contributed by atoms with Gasteiger partial charge in [-0.2, -0.15) is 0 Å². The van der Waals surface area contributed by atoms with Crippen LogP contribution in [0.15, 0.2) is 88.7 Å². The molecule has 0 aliphatic heterocycles. The number of nitrogen functional groups attached to an aromatic ring is 1. The van der Waals surface area contributed by atoms with Crippen molar-refractivity contribution in [2.24, 2.45) is 0 Å². The van der Waals surface area contributed by atoms with Crippen LogP contribution in [0.25, 0.3) is 0 Å². The fourth-order valence-electron chi connectivity index (χ4n) is 2.15. The third kappa shape index (κ3) is 4.30. The zero-order chi connectivity index (χ0) is 16.8. The van der Waals surface area contributed by atoms with Crippen LogP contribution >= 0.6 is 11.8 Å². The molecule has 0 atom stereocenters. The highest BCUT2D eigenvalue weighted by molar-refractivity contribution is 7.99. The smallest absolute Gasteiger partial charge is 0.323 e. The molecule has 2 amide bonds. The third-order valence-electron chi connectivity index (χ3n) is 3.28. The van der Waals surface area contributed by atoms with Crippen molar-refractivity contribution in [1.29, 1.82) is 0 Å². The second-order valence-electron chi connectivity index (χ2n) is 5.11. The Bertz CT molecular complexity index is 823. The summed E-state index contributed by atoms with van der Waals surface area (Å²) in [5, 5.41) is 5.53. The molecule has 0 heterocycles. The number of nitrogens with two attached hydrogens (primary N) is 1. The van der Waals surface area contributed by atoms with Crippen LogP contribution in [0.2, 0.25) is 0 Å². The van der Waals surface area contributed by atoms with Gasteiger partial charge in [-0.1, -0.05) is 48.2 Å². The number of para-hydroxylation sites is 1. The van der Waals surface area contributed by atoms with E-state index in [4.69, 9.17) is 5.73 Å². The fraction of sp³-hybridized carbons (Fsp3) is 0. The molecular weight excluding hydrogens is 318 g/mol. The van der Waals surface area contributed by atoms with E-state index >= 15 is 0 Å². The van der Waals surface area contributed by atoms with Crippen LogP contribution in [0.4, 0.5) is 21.9 Å². The summed E-state index contributed by atoms with van der Waals surface area (Å²) in [6, 6.07) is 24.6. The summed E-state index contributed by atoms with van der Waals surface area (Å²) in [6.45, 7) is 0. The van der Waals surface area contributed by atoms with Crippen molar-refractivity contribution in [3.8, 4) is 0 Å². The molecule has 0 saturated heterocycles. The van der Waals surface area contributed by atoms with E-state index in [0.717, 1.165) is 15.5 Å². The Morgan fingerprint density at radius 2 is 1.46 bits per heavy atom. The summed E-state index contributed by atoms with van der Waals surface area (Å²) in [5.41, 5.74) is 7.90. The topological polar surface area (TPSA) is 67.1 Å². The minimum absolute atomic E-state index is 0.323. The minimum Gasteiger partial charge on any atom is -0.397 e. The number of hydrogen-bond donors (Lipinski definition) is 3. The van der Waals surface area contributed by atoms with Crippen molar-refractivity contribution in [3.63, 3.8) is 0 Å². The molecule has 3 aromatic rings. The highest BCUT2D eigenvalue weighted by atomic mass is 32.2. The van der Waals surface area contributed by atoms with Gasteiger partial charge in [-0.05, 0) is 42.5 Å². The first-order valence-electron chi connectivity index (χ1n) is 7.46. The number of amides is 2. The van der Waals surface area contributed by atoms with Gasteiger partial charge < -0.3 is 16.4 Å². The molecule has 3 aromatic carbocycles. The van der Waals surface area contributed by atoms with Gasteiger partial charge in [-0.15, -0.1) is 0 Å². The van der Waals surface area contributed by atoms with Gasteiger partial charge >= 0.3 is 6.03 Å². The lowest BCUT2D eigenvalue weighted by atomic mass is 10.2. The molecule has 0 unspecified atom stereocenters. The summed E-state index contributed by atoms with van der Waals surface area (Å²) in [4.78, 5) is 14.2. The van der Waals surface area contributed by atoms with Gasteiger partial charge in [0.05, 0.1) is 11.4 Å². The van der Waals surface area contributed by atoms with E-state index in [-0.39, 0.29) is 6.03 Å². The maximum atomic E-state index is 12.0. The van der Waals surface area contributed by atoms with Crippen molar-refractivity contribution in [2.75, 3.05) is 16.4 Å². The van der Waals surface area contributed by atoms with Crippen LogP contribution in [0.5, 0.6) is 0 Å². The lowest BCUT2D eigenvalue weighted by molar-refractivity contribution is 0.262. The number of benzene rings is 3. The Morgan fingerprint density at radius 3 is 2.12 bits per heavy atom. The van der Waals surface area contributed by atoms with Crippen molar-refractivity contribution < 1.29 is 4.79 Å². The predicted octanol–water partition coefficient (Wildman–Crippen LogP) is 5.06. The normalized spacial score (nSPS) is 10.2. The van der Waals surface area contributed by atoms with E-state index in [1.54, 1.807) is 11.8 Å². The van der Waals surface area contributed by atoms with E-state index < -0.39 is 0 Å². The second kappa shape index (κ2) is 7.57. The van der Waals surface area contributed by atoms with Crippen LogP contribution < -0.4 is 16.4 Å². The monoisotopic (exact) mass is 335 g/mol. The SMILES string of the molecule is Nc1cc(Sc2ccccc2)ccc1NC(=O)Nc1ccccc1. The minimum atomic E-state index is -0.323. The Kier molecular flexibility index (Phi) is 5.03. The van der Waals surface area contributed by atoms with Gasteiger partial charge in [0.25, 0.3) is 0 Å². The standard InChI is InChI=1S/C19H17N3OS/c20-17-13-16(24-15-9-5-2-6-10-15)11-12-18(17)22-19(23)21-14-7-3-1-4-8-14/h1-13H,20H2,(H2,21,22,23). The van der Waals surface area contributed by atoms with Crippen LogP contribution in [0.1, 0.15) is 0 Å². The van der Waals surface area contributed by atoms with E-state index in [1.165, 1.54) is 0 Å². The molecule has 4 nitrogen and oxygen atoms in total. The Balaban J connectivity index is 1.65. The molecule has 24 heavy (non-hydrogen) atoms. The van der Waals surface area contributed by atoms with Crippen LogP contribution in [0, 0.1) is 0 Å². The molecule has 0 spiro atoms. The molecule has 120 valence electrons. The molecule has 0 fully saturated rings. The Hall–Kier alpha value is -2.92. The lowest BCUT2D eigenvalue weighted by Crippen LogP contribution is -2.20. The lowest BCUT2D eigenvalue weighted by Gasteiger charge is -2.11. The molecular formula is C19H17N3OS. The van der Waals surface area contributed by atoms with E-state index in [0.29, 0.717) is 11.4 Å². The first-order valence-corrected chi connectivity index (χ1v) is 8.28. The fourth-order valence-corrected chi connectivity index (χ4v) is 3.04. The van der Waals surface area contributed by atoms with Crippen LogP contribution in [-0.2, 0) is 0 Å². The van der Waals surface area contributed by atoms with Crippen LogP contribution in [0.3, 0.4) is 0 Å². The first-order chi connectivity index (χ1) is 11.7. The van der Waals surface area contributed by atoms with Crippen molar-refractivity contribution >= 4 is 34.9 Å². The molecule has 0 aromatic heterocycles. The maximum Gasteiger partial charge on any atom is 0.323 e. The molecule has 0 saturated carbocycles. The molecule has 0 bridgehead atoms. The first kappa shape index (κ1) is 16.0. The molecule has 0 radical (unpaired) electrons. The van der Waals surface area contributed by atoms with Crippen molar-refractivity contribution in [2.45, 2.75) is 9.79 Å². The summed E-state index contributed by atoms with van der Waals surface area (Å²) >= 11 is 1.62. The number of urea groups is 1. The van der Waals surface area contributed by atoms with E-state index in [2.05, 4.69) is 10.6 Å². The average molecular weight is 335 g/mol. The maximum absolute atomic E-state index is 12.0. The molecule has 4 N–H and O–H groups in total. The molecule has 0 aliphatic carbocycles. The largest absolute Gasteiger partial charge is 0.397 e. The van der Waals surface area contributed by atoms with Gasteiger partial charge in [0.15, 0.2) is 0 Å². The number of nitrogens with one attached hydrogen (secondary N) is 2. The highest BCUT2D eigenvalue weighted by Crippen LogP contribution is 2.31. The Morgan fingerprint density at radius 1 is 0.792 bits per heavy atom. The average Bonchev–Trinajstić information content (AvgIpc) is 2.59. The molecule has 5 heteroatoms. The van der Waals surface area contributed by atoms with Crippen LogP contribution in [-0.4, -0.2) is 6.03 Å². The number of carbonyl (C=O) groups is 1. The van der Waals surface area contributed by atoms with Gasteiger partial charge in [0.1, 0.15) is 0 Å². The predicted molar refractivity (Wildman–Crippen MR) is 101 cm³/mol. The summed E-state index contributed by atoms with van der Waals surface area (Å²) in [6.07, 6.45) is 0. The second-order valence-corrected chi connectivity index (χ2v) is 6.26.